The van der Waals surface area contributed by atoms with E-state index in [0.717, 1.165) is 33.7 Å². The maximum Gasteiger partial charge on any atom is 0.156 e. The van der Waals surface area contributed by atoms with Gasteiger partial charge < -0.3 is 10.3 Å². The summed E-state index contributed by atoms with van der Waals surface area (Å²) < 4.78 is 0. The summed E-state index contributed by atoms with van der Waals surface area (Å²) in [6, 6.07) is 8.17. The van der Waals surface area contributed by atoms with Gasteiger partial charge in [0.15, 0.2) is 5.82 Å². The van der Waals surface area contributed by atoms with Crippen LogP contribution >= 0.6 is 0 Å². The fraction of sp³-hybridized carbons (Fsp3) is 0.214. The third kappa shape index (κ3) is 1.83. The topological polar surface area (TPSA) is 66.5 Å². The lowest BCUT2D eigenvalue weighted by Gasteiger charge is -2.07. The van der Waals surface area contributed by atoms with Crippen LogP contribution in [-0.4, -0.2) is 27.2 Å². The summed E-state index contributed by atoms with van der Waals surface area (Å²) in [6.07, 6.45) is 0. The summed E-state index contributed by atoms with van der Waals surface area (Å²) in [5.74, 6) is 1.41. The molecule has 0 saturated heterocycles. The molecule has 0 aliphatic rings. The van der Waals surface area contributed by atoms with Gasteiger partial charge in [0.05, 0.1) is 0 Å². The number of hydrogen-bond donors (Lipinski definition) is 2. The first kappa shape index (κ1) is 11.6. The molecule has 1 aromatic carbocycles. The molecule has 2 N–H and O–H groups in total. The Morgan fingerprint density at radius 2 is 1.89 bits per heavy atom. The van der Waals surface area contributed by atoms with Crippen LogP contribution in [0.2, 0.25) is 0 Å². The van der Waals surface area contributed by atoms with Crippen LogP contribution in [0.15, 0.2) is 24.3 Å². The molecule has 0 radical (unpaired) electrons. The van der Waals surface area contributed by atoms with Gasteiger partial charge in [0.1, 0.15) is 11.5 Å². The molecule has 2 aromatic heterocycles. The summed E-state index contributed by atoms with van der Waals surface area (Å²) in [5, 5.41) is 12.6. The molecule has 3 rings (SSSR count). The lowest BCUT2D eigenvalue weighted by molar-refractivity contribution is 0.916. The van der Waals surface area contributed by atoms with Crippen molar-refractivity contribution in [2.45, 2.75) is 13.8 Å². The van der Waals surface area contributed by atoms with Crippen molar-refractivity contribution in [1.82, 2.24) is 20.2 Å². The number of rotatable bonds is 2. The number of aromatic amines is 1. The van der Waals surface area contributed by atoms with E-state index in [-0.39, 0.29) is 0 Å². The lowest BCUT2D eigenvalue weighted by atomic mass is 10.1. The normalized spacial score (nSPS) is 10.9. The van der Waals surface area contributed by atoms with E-state index in [1.165, 1.54) is 0 Å². The molecule has 0 aliphatic heterocycles. The highest BCUT2D eigenvalue weighted by atomic mass is 15.2. The van der Waals surface area contributed by atoms with Gasteiger partial charge in [-0.3, -0.25) is 0 Å². The zero-order chi connectivity index (χ0) is 13.4. The fourth-order valence-corrected chi connectivity index (χ4v) is 2.33. The van der Waals surface area contributed by atoms with Crippen LogP contribution in [0.3, 0.4) is 0 Å². The zero-order valence-electron chi connectivity index (χ0n) is 11.2. The van der Waals surface area contributed by atoms with Crippen molar-refractivity contribution >= 4 is 16.7 Å². The van der Waals surface area contributed by atoms with Crippen molar-refractivity contribution in [3.63, 3.8) is 0 Å². The maximum atomic E-state index is 4.40. The van der Waals surface area contributed by atoms with Gasteiger partial charge in [-0.1, -0.05) is 18.2 Å². The first-order valence-corrected chi connectivity index (χ1v) is 6.17. The Balaban J connectivity index is 2.33. The van der Waals surface area contributed by atoms with Crippen molar-refractivity contribution < 1.29 is 0 Å². The van der Waals surface area contributed by atoms with E-state index in [2.05, 4.69) is 37.6 Å². The Kier molecular flexibility index (Phi) is 2.67. The molecule has 0 saturated carbocycles. The number of fused-ring (bicyclic) bond motifs is 1. The van der Waals surface area contributed by atoms with Gasteiger partial charge in [-0.25, -0.2) is 4.98 Å². The second kappa shape index (κ2) is 4.35. The highest BCUT2D eigenvalue weighted by Gasteiger charge is 2.16. The maximum absolute atomic E-state index is 4.40. The predicted octanol–water partition coefficient (Wildman–Crippen LogP) is 2.68. The lowest BCUT2D eigenvalue weighted by Crippen LogP contribution is -2.03. The van der Waals surface area contributed by atoms with Crippen LogP contribution < -0.4 is 5.32 Å². The summed E-state index contributed by atoms with van der Waals surface area (Å²) >= 11 is 0. The van der Waals surface area contributed by atoms with E-state index < -0.39 is 0 Å². The van der Waals surface area contributed by atoms with Gasteiger partial charge in [-0.05, 0) is 19.9 Å². The number of benzene rings is 1. The van der Waals surface area contributed by atoms with Gasteiger partial charge >= 0.3 is 0 Å². The van der Waals surface area contributed by atoms with E-state index in [1.54, 1.807) is 0 Å². The standard InChI is InChI=1S/C14H15N5/c1-8-12(10-6-4-5-7-11(10)16-8)13-14(15-3)17-9(2)18-19-13/h4-7,16H,1-3H3,(H,15,17,18). The smallest absolute Gasteiger partial charge is 0.156 e. The molecule has 19 heavy (non-hydrogen) atoms. The van der Waals surface area contributed by atoms with Gasteiger partial charge in [-0.15, -0.1) is 10.2 Å². The fourth-order valence-electron chi connectivity index (χ4n) is 2.33. The number of aryl methyl sites for hydroxylation is 2. The molecule has 0 bridgehead atoms. The first-order chi connectivity index (χ1) is 9.20. The van der Waals surface area contributed by atoms with Crippen LogP contribution in [0.5, 0.6) is 0 Å². The zero-order valence-corrected chi connectivity index (χ0v) is 11.2. The Hall–Kier alpha value is -2.43. The van der Waals surface area contributed by atoms with Crippen LogP contribution in [0.4, 0.5) is 5.82 Å². The van der Waals surface area contributed by atoms with Crippen molar-refractivity contribution in [3.8, 4) is 11.3 Å². The molecule has 5 heteroatoms. The number of anilines is 1. The molecule has 0 unspecified atom stereocenters. The molecule has 0 aliphatic carbocycles. The van der Waals surface area contributed by atoms with E-state index in [1.807, 2.05) is 33.0 Å². The highest BCUT2D eigenvalue weighted by Crippen LogP contribution is 2.33. The van der Waals surface area contributed by atoms with E-state index in [0.29, 0.717) is 5.82 Å². The molecular formula is C14H15N5. The number of nitrogens with zero attached hydrogens (tertiary/aromatic N) is 3. The first-order valence-electron chi connectivity index (χ1n) is 6.17. The number of nitrogens with one attached hydrogen (secondary N) is 2. The van der Waals surface area contributed by atoms with Crippen molar-refractivity contribution in [2.24, 2.45) is 0 Å². The molecule has 0 atom stereocenters. The SMILES string of the molecule is CNc1nc(C)nnc1-c1c(C)[nH]c2ccccc12. The molecular weight excluding hydrogens is 238 g/mol. The van der Waals surface area contributed by atoms with E-state index in [4.69, 9.17) is 0 Å². The third-order valence-electron chi connectivity index (χ3n) is 3.16. The predicted molar refractivity (Wildman–Crippen MR) is 76.1 cm³/mol. The van der Waals surface area contributed by atoms with Gasteiger partial charge in [0.25, 0.3) is 0 Å². The van der Waals surface area contributed by atoms with E-state index in [9.17, 15) is 0 Å². The minimum absolute atomic E-state index is 0.658. The second-order valence-corrected chi connectivity index (χ2v) is 4.48. The van der Waals surface area contributed by atoms with Crippen LogP contribution in [0.25, 0.3) is 22.2 Å². The van der Waals surface area contributed by atoms with E-state index >= 15 is 0 Å². The summed E-state index contributed by atoms with van der Waals surface area (Å²) in [6.45, 7) is 3.87. The average Bonchev–Trinajstić information content (AvgIpc) is 2.74. The Morgan fingerprint density at radius 1 is 1.11 bits per heavy atom. The van der Waals surface area contributed by atoms with Gasteiger partial charge in [0, 0.05) is 29.2 Å². The quantitative estimate of drug-likeness (QED) is 0.737. The summed E-state index contributed by atoms with van der Waals surface area (Å²) in [7, 11) is 1.84. The molecule has 96 valence electrons. The largest absolute Gasteiger partial charge is 0.371 e. The number of para-hydroxylation sites is 1. The Labute approximate surface area is 111 Å². The highest BCUT2D eigenvalue weighted by molar-refractivity contribution is 5.98. The molecule has 0 amide bonds. The second-order valence-electron chi connectivity index (χ2n) is 4.48. The minimum atomic E-state index is 0.658. The van der Waals surface area contributed by atoms with Crippen molar-refractivity contribution in [3.05, 3.63) is 35.8 Å². The van der Waals surface area contributed by atoms with Crippen LogP contribution in [-0.2, 0) is 0 Å². The molecule has 2 heterocycles. The van der Waals surface area contributed by atoms with Crippen LogP contribution in [0, 0.1) is 13.8 Å². The number of aromatic nitrogens is 4. The third-order valence-corrected chi connectivity index (χ3v) is 3.16. The number of H-pyrrole nitrogens is 1. The number of hydrogen-bond acceptors (Lipinski definition) is 4. The molecule has 3 aromatic rings. The van der Waals surface area contributed by atoms with Crippen LogP contribution in [0.1, 0.15) is 11.5 Å². The monoisotopic (exact) mass is 253 g/mol. The van der Waals surface area contributed by atoms with Gasteiger partial charge in [-0.2, -0.15) is 0 Å². The summed E-state index contributed by atoms with van der Waals surface area (Å²) in [5.41, 5.74) is 4.00. The molecule has 5 nitrogen and oxygen atoms in total. The summed E-state index contributed by atoms with van der Waals surface area (Å²) in [4.78, 5) is 7.77. The molecule has 0 fully saturated rings. The average molecular weight is 253 g/mol. The van der Waals surface area contributed by atoms with Crippen molar-refractivity contribution in [1.29, 1.82) is 0 Å². The molecule has 0 spiro atoms. The van der Waals surface area contributed by atoms with Crippen molar-refractivity contribution in [2.75, 3.05) is 12.4 Å². The van der Waals surface area contributed by atoms with Gasteiger partial charge in [0.2, 0.25) is 0 Å². The Morgan fingerprint density at radius 3 is 2.68 bits per heavy atom. The Bertz CT molecular complexity index is 745. The minimum Gasteiger partial charge on any atom is -0.371 e.